The fourth-order valence-electron chi connectivity index (χ4n) is 4.42. The fraction of sp³-hybridized carbons (Fsp3) is 0.375. The second kappa shape index (κ2) is 8.59. The third-order valence-electron chi connectivity index (χ3n) is 6.01. The molecule has 1 atom stereocenters. The van der Waals surface area contributed by atoms with E-state index in [2.05, 4.69) is 50.4 Å². The zero-order valence-electron chi connectivity index (χ0n) is 16.9. The molecule has 4 rings (SSSR count). The van der Waals surface area contributed by atoms with Crippen molar-refractivity contribution >= 4 is 0 Å². The van der Waals surface area contributed by atoms with Crippen molar-refractivity contribution in [3.63, 3.8) is 0 Å². The number of H-pyrrole nitrogens is 1. The Morgan fingerprint density at radius 3 is 2.31 bits per heavy atom. The molecule has 1 aromatic heterocycles. The Hall–Kier alpha value is -2.97. The number of aromatic amines is 1. The van der Waals surface area contributed by atoms with Gasteiger partial charge >= 0.3 is 0 Å². The molecule has 0 radical (unpaired) electrons. The van der Waals surface area contributed by atoms with Gasteiger partial charge in [0.15, 0.2) is 5.82 Å². The average molecular weight is 386 g/mol. The van der Waals surface area contributed by atoms with Gasteiger partial charge in [0.2, 0.25) is 0 Å². The molecule has 5 nitrogen and oxygen atoms in total. The van der Waals surface area contributed by atoms with Crippen LogP contribution < -0.4 is 0 Å². The van der Waals surface area contributed by atoms with Crippen LogP contribution in [0.3, 0.4) is 0 Å². The van der Waals surface area contributed by atoms with Crippen molar-refractivity contribution in [3.05, 3.63) is 83.4 Å². The highest BCUT2D eigenvalue weighted by molar-refractivity contribution is 5.45. The van der Waals surface area contributed by atoms with Gasteiger partial charge in [-0.1, -0.05) is 60.7 Å². The monoisotopic (exact) mass is 385 g/mol. The topological polar surface area (TPSA) is 68.6 Å². The molecule has 5 heteroatoms. The molecule has 0 spiro atoms. The fourth-order valence-corrected chi connectivity index (χ4v) is 4.42. The summed E-state index contributed by atoms with van der Waals surface area (Å²) in [6, 6.07) is 23.1. The first-order chi connectivity index (χ1) is 14.2. The minimum Gasteiger partial charge on any atom is -0.303 e. The Morgan fingerprint density at radius 2 is 1.76 bits per heavy atom. The lowest BCUT2D eigenvalue weighted by Crippen LogP contribution is -2.39. The lowest BCUT2D eigenvalue weighted by atomic mass is 9.73. The molecule has 0 bridgehead atoms. The molecule has 0 saturated carbocycles. The van der Waals surface area contributed by atoms with Gasteiger partial charge in [-0.3, -0.25) is 5.10 Å². The Bertz CT molecular complexity index is 918. The zero-order valence-corrected chi connectivity index (χ0v) is 16.9. The first-order valence-corrected chi connectivity index (χ1v) is 10.3. The zero-order chi connectivity index (χ0) is 20.1. The molecule has 1 saturated heterocycles. The van der Waals surface area contributed by atoms with E-state index in [1.165, 1.54) is 0 Å². The quantitative estimate of drug-likeness (QED) is 0.691. The number of hydrogen-bond donors (Lipinski definition) is 1. The van der Waals surface area contributed by atoms with Crippen LogP contribution in [0.15, 0.2) is 60.7 Å². The number of piperidine rings is 1. The van der Waals surface area contributed by atoms with Crippen molar-refractivity contribution in [2.75, 3.05) is 19.6 Å². The minimum atomic E-state index is -0.642. The first-order valence-electron chi connectivity index (χ1n) is 10.3. The molecule has 1 N–H and O–H groups in total. The summed E-state index contributed by atoms with van der Waals surface area (Å²) in [6.45, 7) is 4.82. The van der Waals surface area contributed by atoms with E-state index < -0.39 is 5.41 Å². The van der Waals surface area contributed by atoms with Crippen LogP contribution >= 0.6 is 0 Å². The summed E-state index contributed by atoms with van der Waals surface area (Å²) < 4.78 is 0. The third-order valence-corrected chi connectivity index (χ3v) is 6.01. The third kappa shape index (κ3) is 4.08. The van der Waals surface area contributed by atoms with E-state index in [1.54, 1.807) is 0 Å². The first kappa shape index (κ1) is 19.4. The van der Waals surface area contributed by atoms with Crippen LogP contribution in [0.25, 0.3) is 0 Å². The number of aryl methyl sites for hydroxylation is 1. The smallest absolute Gasteiger partial charge is 0.155 e. The standard InChI is InChI=1S/C24H27N5/c1-19-26-23(28-27-19)20-9-8-15-29(17-20)16-14-24(18-25,21-10-4-2-5-11-21)22-12-6-3-7-13-22/h2-7,10-13,20H,8-9,14-17H2,1H3,(H,26,27,28)/t20-/m1/s1. The Labute approximate surface area is 172 Å². The molecule has 148 valence electrons. The highest BCUT2D eigenvalue weighted by Crippen LogP contribution is 2.36. The maximum absolute atomic E-state index is 10.4. The second-order valence-corrected chi connectivity index (χ2v) is 7.92. The second-order valence-electron chi connectivity index (χ2n) is 7.92. The SMILES string of the molecule is Cc1nc([C@@H]2CCCN(CCC(C#N)(c3ccccc3)c3ccccc3)C2)n[nH]1. The average Bonchev–Trinajstić information content (AvgIpc) is 3.23. The molecule has 1 aliphatic heterocycles. The number of aromatic nitrogens is 3. The van der Waals surface area contributed by atoms with Crippen molar-refractivity contribution in [2.24, 2.45) is 0 Å². The summed E-state index contributed by atoms with van der Waals surface area (Å²) in [7, 11) is 0. The molecule has 0 amide bonds. The van der Waals surface area contributed by atoms with E-state index in [0.29, 0.717) is 5.92 Å². The molecule has 29 heavy (non-hydrogen) atoms. The van der Waals surface area contributed by atoms with E-state index in [0.717, 1.165) is 61.7 Å². The highest BCUT2D eigenvalue weighted by Gasteiger charge is 2.35. The number of benzene rings is 2. The van der Waals surface area contributed by atoms with Gasteiger partial charge in [-0.05, 0) is 43.9 Å². The lowest BCUT2D eigenvalue weighted by molar-refractivity contribution is 0.195. The van der Waals surface area contributed by atoms with E-state index in [4.69, 9.17) is 0 Å². The minimum absolute atomic E-state index is 0.360. The van der Waals surface area contributed by atoms with Crippen LogP contribution in [0.4, 0.5) is 0 Å². The number of likely N-dealkylation sites (tertiary alicyclic amines) is 1. The summed E-state index contributed by atoms with van der Waals surface area (Å²) in [5.74, 6) is 2.15. The Kier molecular flexibility index (Phi) is 5.73. The van der Waals surface area contributed by atoms with Gasteiger partial charge < -0.3 is 4.90 Å². The van der Waals surface area contributed by atoms with E-state index in [1.807, 2.05) is 43.3 Å². The number of nitriles is 1. The van der Waals surface area contributed by atoms with E-state index in [9.17, 15) is 5.26 Å². The van der Waals surface area contributed by atoms with Crippen molar-refractivity contribution < 1.29 is 0 Å². The van der Waals surface area contributed by atoms with Gasteiger partial charge in [-0.15, -0.1) is 0 Å². The van der Waals surface area contributed by atoms with Crippen LogP contribution in [0.2, 0.25) is 0 Å². The largest absolute Gasteiger partial charge is 0.303 e. The summed E-state index contributed by atoms with van der Waals surface area (Å²) in [6.07, 6.45) is 3.01. The van der Waals surface area contributed by atoms with Gasteiger partial charge in [0.05, 0.1) is 6.07 Å². The number of rotatable bonds is 6. The summed E-state index contributed by atoms with van der Waals surface area (Å²) in [5.41, 5.74) is 1.48. The Morgan fingerprint density at radius 1 is 1.10 bits per heavy atom. The van der Waals surface area contributed by atoms with Gasteiger partial charge in [0.1, 0.15) is 11.2 Å². The molecule has 0 aliphatic carbocycles. The molecule has 1 aliphatic rings. The lowest BCUT2D eigenvalue weighted by Gasteiger charge is -2.35. The van der Waals surface area contributed by atoms with Crippen molar-refractivity contribution in [2.45, 2.75) is 37.5 Å². The van der Waals surface area contributed by atoms with Crippen LogP contribution in [0.1, 0.15) is 48.0 Å². The molecule has 2 heterocycles. The maximum Gasteiger partial charge on any atom is 0.155 e. The van der Waals surface area contributed by atoms with Crippen molar-refractivity contribution in [1.82, 2.24) is 20.1 Å². The molecular formula is C24H27N5. The van der Waals surface area contributed by atoms with Crippen LogP contribution in [0, 0.1) is 18.3 Å². The number of hydrogen-bond acceptors (Lipinski definition) is 4. The van der Waals surface area contributed by atoms with Crippen LogP contribution in [-0.2, 0) is 5.41 Å². The molecular weight excluding hydrogens is 358 g/mol. The normalized spacial score (nSPS) is 17.7. The van der Waals surface area contributed by atoms with E-state index >= 15 is 0 Å². The highest BCUT2D eigenvalue weighted by atomic mass is 15.2. The van der Waals surface area contributed by atoms with Crippen molar-refractivity contribution in [1.29, 1.82) is 5.26 Å². The summed E-state index contributed by atoms with van der Waals surface area (Å²) in [5, 5.41) is 17.7. The van der Waals surface area contributed by atoms with Crippen LogP contribution in [0.5, 0.6) is 0 Å². The van der Waals surface area contributed by atoms with Gasteiger partial charge in [0.25, 0.3) is 0 Å². The number of nitrogens with one attached hydrogen (secondary N) is 1. The molecule has 0 unspecified atom stereocenters. The van der Waals surface area contributed by atoms with E-state index in [-0.39, 0.29) is 0 Å². The van der Waals surface area contributed by atoms with Crippen molar-refractivity contribution in [3.8, 4) is 6.07 Å². The predicted octanol–water partition coefficient (Wildman–Crippen LogP) is 4.19. The summed E-state index contributed by atoms with van der Waals surface area (Å²) in [4.78, 5) is 7.01. The van der Waals surface area contributed by atoms with Gasteiger partial charge in [-0.25, -0.2) is 4.98 Å². The molecule has 2 aromatic carbocycles. The molecule has 1 fully saturated rings. The summed E-state index contributed by atoms with van der Waals surface area (Å²) >= 11 is 0. The van der Waals surface area contributed by atoms with Crippen LogP contribution in [-0.4, -0.2) is 39.7 Å². The van der Waals surface area contributed by atoms with Gasteiger partial charge in [0, 0.05) is 19.0 Å². The predicted molar refractivity (Wildman–Crippen MR) is 113 cm³/mol. The number of nitrogens with zero attached hydrogens (tertiary/aromatic N) is 4. The maximum atomic E-state index is 10.4. The Balaban J connectivity index is 1.55. The molecule has 3 aromatic rings. The van der Waals surface area contributed by atoms with Gasteiger partial charge in [-0.2, -0.15) is 10.4 Å².